The van der Waals surface area contributed by atoms with Crippen molar-refractivity contribution in [3.05, 3.63) is 64.7 Å². The summed E-state index contributed by atoms with van der Waals surface area (Å²) in [6.45, 7) is 3.86. The molecule has 0 saturated heterocycles. The molecule has 0 saturated carbocycles. The first-order valence-electron chi connectivity index (χ1n) is 6.93. The van der Waals surface area contributed by atoms with E-state index in [0.717, 1.165) is 36.3 Å². The van der Waals surface area contributed by atoms with Crippen LogP contribution in [0.1, 0.15) is 27.0 Å². The standard InChI is InChI=1S/C17H18N2O/c1-12-4-2-3-5-16(12)19-17(20)14-7-6-13-8-9-18-11-15(13)10-14/h2-7,10,18H,8-9,11H2,1H3,(H,19,20). The van der Waals surface area contributed by atoms with Crippen LogP contribution in [-0.2, 0) is 13.0 Å². The summed E-state index contributed by atoms with van der Waals surface area (Å²) in [6, 6.07) is 13.8. The van der Waals surface area contributed by atoms with E-state index < -0.39 is 0 Å². The van der Waals surface area contributed by atoms with E-state index in [-0.39, 0.29) is 5.91 Å². The van der Waals surface area contributed by atoms with Crippen LogP contribution in [-0.4, -0.2) is 12.5 Å². The van der Waals surface area contributed by atoms with Gasteiger partial charge in [0.05, 0.1) is 0 Å². The number of carbonyl (C=O) groups is 1. The highest BCUT2D eigenvalue weighted by Gasteiger charge is 2.13. The normalized spacial score (nSPS) is 13.7. The van der Waals surface area contributed by atoms with Gasteiger partial charge in [0, 0.05) is 17.8 Å². The first-order chi connectivity index (χ1) is 9.74. The Balaban J connectivity index is 1.82. The summed E-state index contributed by atoms with van der Waals surface area (Å²) in [6.07, 6.45) is 1.04. The van der Waals surface area contributed by atoms with Crippen LogP contribution in [0, 0.1) is 6.92 Å². The molecule has 0 fully saturated rings. The molecule has 0 unspecified atom stereocenters. The topological polar surface area (TPSA) is 41.1 Å². The van der Waals surface area contributed by atoms with E-state index in [4.69, 9.17) is 0 Å². The second kappa shape index (κ2) is 5.47. The molecule has 102 valence electrons. The minimum atomic E-state index is -0.0485. The van der Waals surface area contributed by atoms with Crippen molar-refractivity contribution in [1.29, 1.82) is 0 Å². The molecule has 3 nitrogen and oxygen atoms in total. The highest BCUT2D eigenvalue weighted by atomic mass is 16.1. The van der Waals surface area contributed by atoms with E-state index >= 15 is 0 Å². The smallest absolute Gasteiger partial charge is 0.255 e. The van der Waals surface area contributed by atoms with Crippen LogP contribution < -0.4 is 10.6 Å². The number of carbonyl (C=O) groups excluding carboxylic acids is 1. The van der Waals surface area contributed by atoms with E-state index in [9.17, 15) is 4.79 Å². The largest absolute Gasteiger partial charge is 0.322 e. The number of para-hydroxylation sites is 1. The van der Waals surface area contributed by atoms with Crippen molar-refractivity contribution >= 4 is 11.6 Å². The Bertz CT molecular complexity index is 649. The van der Waals surface area contributed by atoms with Gasteiger partial charge in [0.2, 0.25) is 0 Å². The molecule has 20 heavy (non-hydrogen) atoms. The molecule has 3 rings (SSSR count). The lowest BCUT2D eigenvalue weighted by molar-refractivity contribution is 0.102. The highest BCUT2D eigenvalue weighted by molar-refractivity contribution is 6.04. The lowest BCUT2D eigenvalue weighted by Gasteiger charge is -2.17. The Kier molecular flexibility index (Phi) is 3.52. The van der Waals surface area contributed by atoms with Gasteiger partial charge in [0.15, 0.2) is 0 Å². The monoisotopic (exact) mass is 266 g/mol. The van der Waals surface area contributed by atoms with Gasteiger partial charge in [-0.05, 0) is 54.8 Å². The fraction of sp³-hybridized carbons (Fsp3) is 0.235. The Morgan fingerprint density at radius 1 is 1.15 bits per heavy atom. The molecule has 1 aliphatic heterocycles. The van der Waals surface area contributed by atoms with Crippen molar-refractivity contribution in [2.24, 2.45) is 0 Å². The van der Waals surface area contributed by atoms with Gasteiger partial charge in [-0.15, -0.1) is 0 Å². The summed E-state index contributed by atoms with van der Waals surface area (Å²) in [4.78, 5) is 12.3. The molecule has 2 aromatic carbocycles. The third kappa shape index (κ3) is 2.58. The van der Waals surface area contributed by atoms with Crippen LogP contribution in [0.5, 0.6) is 0 Å². The molecule has 3 heteroatoms. The summed E-state index contributed by atoms with van der Waals surface area (Å²) >= 11 is 0. The zero-order valence-corrected chi connectivity index (χ0v) is 11.6. The third-order valence-corrected chi connectivity index (χ3v) is 3.75. The summed E-state index contributed by atoms with van der Waals surface area (Å²) < 4.78 is 0. The molecule has 0 radical (unpaired) electrons. The number of hydrogen-bond acceptors (Lipinski definition) is 2. The summed E-state index contributed by atoms with van der Waals surface area (Å²) in [5, 5.41) is 6.31. The molecule has 0 bridgehead atoms. The van der Waals surface area contributed by atoms with Gasteiger partial charge in [-0.3, -0.25) is 4.79 Å². The van der Waals surface area contributed by atoms with Gasteiger partial charge in [-0.25, -0.2) is 0 Å². The van der Waals surface area contributed by atoms with Crippen molar-refractivity contribution in [2.45, 2.75) is 19.9 Å². The summed E-state index contributed by atoms with van der Waals surface area (Å²) in [7, 11) is 0. The Morgan fingerprint density at radius 3 is 2.85 bits per heavy atom. The fourth-order valence-electron chi connectivity index (χ4n) is 2.53. The van der Waals surface area contributed by atoms with Crippen LogP contribution in [0.2, 0.25) is 0 Å². The molecule has 2 N–H and O–H groups in total. The third-order valence-electron chi connectivity index (χ3n) is 3.75. The summed E-state index contributed by atoms with van der Waals surface area (Å²) in [5.41, 5.74) is 5.23. The predicted octanol–water partition coefficient (Wildman–Crippen LogP) is 2.89. The number of hydrogen-bond donors (Lipinski definition) is 2. The number of aryl methyl sites for hydroxylation is 1. The molecule has 1 amide bonds. The van der Waals surface area contributed by atoms with E-state index in [1.807, 2.05) is 43.3 Å². The lowest BCUT2D eigenvalue weighted by atomic mass is 9.98. The maximum atomic E-state index is 12.3. The van der Waals surface area contributed by atoms with Crippen LogP contribution in [0.3, 0.4) is 0 Å². The molecule has 1 aliphatic rings. The molecule has 0 aliphatic carbocycles. The SMILES string of the molecule is Cc1ccccc1NC(=O)c1ccc2c(c1)CNCC2. The Labute approximate surface area is 119 Å². The lowest BCUT2D eigenvalue weighted by Crippen LogP contribution is -2.24. The highest BCUT2D eigenvalue weighted by Crippen LogP contribution is 2.18. The number of benzene rings is 2. The van der Waals surface area contributed by atoms with Gasteiger partial charge in [0.1, 0.15) is 0 Å². The number of amides is 1. The first-order valence-corrected chi connectivity index (χ1v) is 6.93. The molecule has 2 aromatic rings. The quantitative estimate of drug-likeness (QED) is 0.877. The van der Waals surface area contributed by atoms with E-state index in [1.54, 1.807) is 0 Å². The van der Waals surface area contributed by atoms with Crippen molar-refractivity contribution < 1.29 is 4.79 Å². The van der Waals surface area contributed by atoms with E-state index in [1.165, 1.54) is 11.1 Å². The second-order valence-corrected chi connectivity index (χ2v) is 5.18. The van der Waals surface area contributed by atoms with Crippen LogP contribution >= 0.6 is 0 Å². The molecule has 0 atom stereocenters. The van der Waals surface area contributed by atoms with Crippen LogP contribution in [0.25, 0.3) is 0 Å². The maximum absolute atomic E-state index is 12.3. The number of rotatable bonds is 2. The van der Waals surface area contributed by atoms with Gasteiger partial charge >= 0.3 is 0 Å². The van der Waals surface area contributed by atoms with Crippen molar-refractivity contribution in [3.8, 4) is 0 Å². The molecule has 1 heterocycles. The van der Waals surface area contributed by atoms with Crippen molar-refractivity contribution in [2.75, 3.05) is 11.9 Å². The molecule has 0 spiro atoms. The van der Waals surface area contributed by atoms with Gasteiger partial charge in [0.25, 0.3) is 5.91 Å². The van der Waals surface area contributed by atoms with E-state index in [0.29, 0.717) is 0 Å². The Hall–Kier alpha value is -2.13. The zero-order valence-electron chi connectivity index (χ0n) is 11.6. The molecular weight excluding hydrogens is 248 g/mol. The van der Waals surface area contributed by atoms with Crippen LogP contribution in [0.4, 0.5) is 5.69 Å². The maximum Gasteiger partial charge on any atom is 0.255 e. The van der Waals surface area contributed by atoms with Gasteiger partial charge in [-0.2, -0.15) is 0 Å². The van der Waals surface area contributed by atoms with Crippen molar-refractivity contribution in [3.63, 3.8) is 0 Å². The van der Waals surface area contributed by atoms with Gasteiger partial charge in [-0.1, -0.05) is 24.3 Å². The minimum Gasteiger partial charge on any atom is -0.322 e. The minimum absolute atomic E-state index is 0.0485. The number of fused-ring (bicyclic) bond motifs is 1. The average Bonchev–Trinajstić information content (AvgIpc) is 2.49. The van der Waals surface area contributed by atoms with Crippen LogP contribution in [0.15, 0.2) is 42.5 Å². The Morgan fingerprint density at radius 2 is 2.00 bits per heavy atom. The van der Waals surface area contributed by atoms with Gasteiger partial charge < -0.3 is 10.6 Å². The predicted molar refractivity (Wildman–Crippen MR) is 81.0 cm³/mol. The van der Waals surface area contributed by atoms with E-state index in [2.05, 4.69) is 16.7 Å². The number of nitrogens with one attached hydrogen (secondary N) is 2. The molecule has 0 aromatic heterocycles. The fourth-order valence-corrected chi connectivity index (χ4v) is 2.53. The molecular formula is C17H18N2O. The summed E-state index contributed by atoms with van der Waals surface area (Å²) in [5.74, 6) is -0.0485. The average molecular weight is 266 g/mol. The zero-order chi connectivity index (χ0) is 13.9. The first kappa shape index (κ1) is 12.9. The second-order valence-electron chi connectivity index (χ2n) is 5.18. The number of anilines is 1. The van der Waals surface area contributed by atoms with Crippen molar-refractivity contribution in [1.82, 2.24) is 5.32 Å².